The highest BCUT2D eigenvalue weighted by molar-refractivity contribution is 6.00. The number of hydrogen-bond donors (Lipinski definition) is 2. The van der Waals surface area contributed by atoms with Crippen LogP contribution in [-0.4, -0.2) is 55.4 Å². The number of ketones is 1. The normalized spacial score (nSPS) is 15.5. The summed E-state index contributed by atoms with van der Waals surface area (Å²) >= 11 is 0. The smallest absolute Gasteiger partial charge is 0.322 e. The largest absolute Gasteiger partial charge is 0.324 e. The Morgan fingerprint density at radius 2 is 1.84 bits per heavy atom. The molecule has 0 bridgehead atoms. The maximum Gasteiger partial charge on any atom is 0.322 e. The lowest BCUT2D eigenvalue weighted by Crippen LogP contribution is -2.45. The molecule has 10 nitrogen and oxygen atoms in total. The van der Waals surface area contributed by atoms with Gasteiger partial charge in [0, 0.05) is 23.5 Å². The summed E-state index contributed by atoms with van der Waals surface area (Å²) in [5, 5.41) is 16.6. The SMILES string of the molecule is CC(=O)c1cccc(NC(=O)N2CCC[C@@H]2C(=O)Nc2ccc(-n3cnnn3)cc2)c1. The number of anilines is 2. The molecule has 31 heavy (non-hydrogen) atoms. The predicted octanol–water partition coefficient (Wildman–Crippen LogP) is 2.50. The number of likely N-dealkylation sites (tertiary alicyclic amines) is 1. The van der Waals surface area contributed by atoms with E-state index < -0.39 is 6.04 Å². The summed E-state index contributed by atoms with van der Waals surface area (Å²) in [6.45, 7) is 1.95. The summed E-state index contributed by atoms with van der Waals surface area (Å²) in [6, 6.07) is 12.9. The number of nitrogens with zero attached hydrogens (tertiary/aromatic N) is 5. The van der Waals surface area contributed by atoms with Crippen molar-refractivity contribution in [1.82, 2.24) is 25.1 Å². The molecule has 4 rings (SSSR count). The fourth-order valence-corrected chi connectivity index (χ4v) is 3.50. The van der Waals surface area contributed by atoms with E-state index in [1.54, 1.807) is 48.5 Å². The van der Waals surface area contributed by atoms with Crippen molar-refractivity contribution in [3.8, 4) is 5.69 Å². The van der Waals surface area contributed by atoms with Crippen molar-refractivity contribution in [3.05, 3.63) is 60.4 Å². The van der Waals surface area contributed by atoms with E-state index in [0.29, 0.717) is 29.9 Å². The van der Waals surface area contributed by atoms with E-state index in [1.807, 2.05) is 0 Å². The molecule has 10 heteroatoms. The summed E-state index contributed by atoms with van der Waals surface area (Å²) in [6.07, 6.45) is 2.79. The van der Waals surface area contributed by atoms with Gasteiger partial charge in [0.25, 0.3) is 0 Å². The van der Waals surface area contributed by atoms with Crippen LogP contribution in [0.5, 0.6) is 0 Å². The Balaban J connectivity index is 1.40. The number of Topliss-reactive ketones (excluding diaryl/α,β-unsaturated/α-hetero) is 1. The Kier molecular flexibility index (Phi) is 5.69. The van der Waals surface area contributed by atoms with E-state index in [4.69, 9.17) is 0 Å². The minimum atomic E-state index is -0.574. The second-order valence-electron chi connectivity index (χ2n) is 7.21. The number of nitrogens with one attached hydrogen (secondary N) is 2. The van der Waals surface area contributed by atoms with Crippen molar-refractivity contribution < 1.29 is 14.4 Å². The average Bonchev–Trinajstić information content (AvgIpc) is 3.47. The molecule has 1 fully saturated rings. The number of amides is 3. The highest BCUT2D eigenvalue weighted by atomic mass is 16.2. The van der Waals surface area contributed by atoms with E-state index >= 15 is 0 Å². The van der Waals surface area contributed by atoms with Gasteiger partial charge in [0.1, 0.15) is 12.4 Å². The molecule has 0 saturated carbocycles. The summed E-state index contributed by atoms with van der Waals surface area (Å²) in [4.78, 5) is 38.7. The first-order valence-corrected chi connectivity index (χ1v) is 9.84. The average molecular weight is 419 g/mol. The lowest BCUT2D eigenvalue weighted by Gasteiger charge is -2.24. The lowest BCUT2D eigenvalue weighted by atomic mass is 10.1. The number of benzene rings is 2. The summed E-state index contributed by atoms with van der Waals surface area (Å²) in [5.74, 6) is -0.332. The number of aromatic nitrogens is 4. The third-order valence-corrected chi connectivity index (χ3v) is 5.09. The van der Waals surface area contributed by atoms with Crippen LogP contribution in [0.1, 0.15) is 30.1 Å². The molecule has 0 radical (unpaired) electrons. The van der Waals surface area contributed by atoms with Crippen LogP contribution in [0.25, 0.3) is 5.69 Å². The quantitative estimate of drug-likeness (QED) is 0.613. The van der Waals surface area contributed by atoms with Crippen LogP contribution in [-0.2, 0) is 4.79 Å². The molecular weight excluding hydrogens is 398 g/mol. The van der Waals surface area contributed by atoms with Crippen LogP contribution in [0.4, 0.5) is 16.2 Å². The molecule has 0 unspecified atom stereocenters. The zero-order chi connectivity index (χ0) is 21.8. The second kappa shape index (κ2) is 8.74. The van der Waals surface area contributed by atoms with Crippen molar-refractivity contribution in [2.75, 3.05) is 17.2 Å². The Labute approximate surface area is 178 Å². The highest BCUT2D eigenvalue weighted by Gasteiger charge is 2.34. The number of hydrogen-bond acceptors (Lipinski definition) is 6. The second-order valence-corrected chi connectivity index (χ2v) is 7.21. The molecule has 3 amide bonds. The van der Waals surface area contributed by atoms with Crippen molar-refractivity contribution in [2.45, 2.75) is 25.8 Å². The van der Waals surface area contributed by atoms with E-state index in [0.717, 1.165) is 12.1 Å². The van der Waals surface area contributed by atoms with E-state index in [1.165, 1.54) is 22.8 Å². The van der Waals surface area contributed by atoms with Gasteiger partial charge in [0.05, 0.1) is 5.69 Å². The Bertz CT molecular complexity index is 1100. The van der Waals surface area contributed by atoms with Crippen LogP contribution in [0.2, 0.25) is 0 Å². The molecule has 0 spiro atoms. The topological polar surface area (TPSA) is 122 Å². The van der Waals surface area contributed by atoms with Crippen LogP contribution < -0.4 is 10.6 Å². The molecule has 2 heterocycles. The van der Waals surface area contributed by atoms with Gasteiger partial charge in [0.2, 0.25) is 5.91 Å². The summed E-state index contributed by atoms with van der Waals surface area (Å²) in [5.41, 5.74) is 2.40. The Morgan fingerprint density at radius 1 is 1.03 bits per heavy atom. The van der Waals surface area contributed by atoms with E-state index in [2.05, 4.69) is 26.2 Å². The lowest BCUT2D eigenvalue weighted by molar-refractivity contribution is -0.119. The fourth-order valence-electron chi connectivity index (χ4n) is 3.50. The van der Waals surface area contributed by atoms with Gasteiger partial charge in [-0.05, 0) is 66.6 Å². The molecule has 2 N–H and O–H groups in total. The molecule has 1 aliphatic heterocycles. The van der Waals surface area contributed by atoms with E-state index in [9.17, 15) is 14.4 Å². The molecule has 1 atom stereocenters. The van der Waals surface area contributed by atoms with Gasteiger partial charge in [-0.2, -0.15) is 0 Å². The standard InChI is InChI=1S/C21H21N7O3/c1-14(29)15-4-2-5-17(12-15)24-21(31)27-11-3-6-19(27)20(30)23-16-7-9-18(10-8-16)28-13-22-25-26-28/h2,4-5,7-10,12-13,19H,3,6,11H2,1H3,(H,23,30)(H,24,31)/t19-/m1/s1. The maximum absolute atomic E-state index is 12.8. The molecule has 2 aromatic carbocycles. The number of rotatable bonds is 5. The maximum atomic E-state index is 12.8. The van der Waals surface area contributed by atoms with Gasteiger partial charge in [-0.3, -0.25) is 9.59 Å². The van der Waals surface area contributed by atoms with Gasteiger partial charge in [-0.15, -0.1) is 5.10 Å². The molecule has 3 aromatic rings. The molecule has 0 aliphatic carbocycles. The highest BCUT2D eigenvalue weighted by Crippen LogP contribution is 2.22. The third kappa shape index (κ3) is 4.58. The molecule has 1 saturated heterocycles. The Morgan fingerprint density at radius 3 is 2.55 bits per heavy atom. The third-order valence-electron chi connectivity index (χ3n) is 5.09. The summed E-state index contributed by atoms with van der Waals surface area (Å²) in [7, 11) is 0. The monoisotopic (exact) mass is 419 g/mol. The van der Waals surface area contributed by atoms with Crippen LogP contribution >= 0.6 is 0 Å². The zero-order valence-electron chi connectivity index (χ0n) is 16.9. The van der Waals surface area contributed by atoms with Crippen molar-refractivity contribution >= 4 is 29.1 Å². The first-order chi connectivity index (χ1) is 15.0. The molecule has 1 aliphatic rings. The van der Waals surface area contributed by atoms with Gasteiger partial charge < -0.3 is 15.5 Å². The van der Waals surface area contributed by atoms with Gasteiger partial charge in [-0.25, -0.2) is 9.48 Å². The number of tetrazole rings is 1. The van der Waals surface area contributed by atoms with Crippen LogP contribution in [0.3, 0.4) is 0 Å². The number of carbonyl (C=O) groups is 3. The predicted molar refractivity (Wildman–Crippen MR) is 113 cm³/mol. The first-order valence-electron chi connectivity index (χ1n) is 9.84. The van der Waals surface area contributed by atoms with Crippen molar-refractivity contribution in [1.29, 1.82) is 0 Å². The zero-order valence-corrected chi connectivity index (χ0v) is 16.9. The summed E-state index contributed by atoms with van der Waals surface area (Å²) < 4.78 is 1.51. The molecular formula is C21H21N7O3. The van der Waals surface area contributed by atoms with Crippen LogP contribution in [0.15, 0.2) is 54.9 Å². The molecule has 1 aromatic heterocycles. The Hall–Kier alpha value is -4.08. The minimum Gasteiger partial charge on any atom is -0.324 e. The fraction of sp³-hybridized carbons (Fsp3) is 0.238. The number of carbonyl (C=O) groups excluding carboxylic acids is 3. The van der Waals surface area contributed by atoms with E-state index in [-0.39, 0.29) is 17.7 Å². The van der Waals surface area contributed by atoms with Crippen molar-refractivity contribution in [2.24, 2.45) is 0 Å². The van der Waals surface area contributed by atoms with Gasteiger partial charge in [0.15, 0.2) is 5.78 Å². The molecule has 158 valence electrons. The first kappa shape index (κ1) is 20.2. The van der Waals surface area contributed by atoms with Crippen LogP contribution in [0, 0.1) is 0 Å². The van der Waals surface area contributed by atoms with Gasteiger partial charge in [-0.1, -0.05) is 12.1 Å². The van der Waals surface area contributed by atoms with Crippen molar-refractivity contribution in [3.63, 3.8) is 0 Å². The number of urea groups is 1. The minimum absolute atomic E-state index is 0.0828. The van der Waals surface area contributed by atoms with Gasteiger partial charge >= 0.3 is 6.03 Å².